The Morgan fingerprint density at radius 1 is 1.13 bits per heavy atom. The SMILES string of the molecule is O=C1S/C(=C\c2ccc(-c3ccc([N+](=O)[O-])cc3)o2)C(=O)N1Cc1ccc(F)cc1Cl. The molecular weight excluding hydrogens is 447 g/mol. The van der Waals surface area contributed by atoms with Crippen LogP contribution < -0.4 is 0 Å². The Hall–Kier alpha value is -3.43. The molecule has 0 spiro atoms. The molecular formula is C21H12ClFN2O5S. The van der Waals surface area contributed by atoms with Crippen molar-refractivity contribution >= 4 is 46.3 Å². The number of carbonyl (C=O) groups is 2. The van der Waals surface area contributed by atoms with Crippen LogP contribution >= 0.6 is 23.4 Å². The standard InChI is InChI=1S/C21H12ClFN2O5S/c22-17-9-14(23)4-1-13(17)11-24-20(26)19(31-21(24)27)10-16-7-8-18(30-16)12-2-5-15(6-3-12)25(28)29/h1-10H,11H2/b19-10-. The van der Waals surface area contributed by atoms with Gasteiger partial charge in [-0.15, -0.1) is 0 Å². The number of nitro benzene ring substituents is 1. The minimum atomic E-state index is -0.510. The smallest absolute Gasteiger partial charge is 0.293 e. The van der Waals surface area contributed by atoms with E-state index in [-0.39, 0.29) is 22.2 Å². The Morgan fingerprint density at radius 2 is 1.87 bits per heavy atom. The van der Waals surface area contributed by atoms with Crippen molar-refractivity contribution in [1.29, 1.82) is 0 Å². The number of hydrogen-bond acceptors (Lipinski definition) is 6. The predicted octanol–water partition coefficient (Wildman–Crippen LogP) is 5.88. The fourth-order valence-electron chi connectivity index (χ4n) is 2.92. The van der Waals surface area contributed by atoms with Gasteiger partial charge in [-0.25, -0.2) is 4.39 Å². The molecule has 0 N–H and O–H groups in total. The second-order valence-corrected chi connectivity index (χ2v) is 7.91. The number of hydrogen-bond donors (Lipinski definition) is 0. The van der Waals surface area contributed by atoms with Gasteiger partial charge >= 0.3 is 0 Å². The van der Waals surface area contributed by atoms with E-state index in [0.29, 0.717) is 22.6 Å². The van der Waals surface area contributed by atoms with Gasteiger partial charge in [0.1, 0.15) is 17.3 Å². The van der Waals surface area contributed by atoms with Gasteiger partial charge in [-0.3, -0.25) is 24.6 Å². The maximum atomic E-state index is 13.2. The topological polar surface area (TPSA) is 93.7 Å². The summed E-state index contributed by atoms with van der Waals surface area (Å²) in [6, 6.07) is 12.9. The number of amides is 2. The summed E-state index contributed by atoms with van der Waals surface area (Å²) in [6.07, 6.45) is 1.45. The van der Waals surface area contributed by atoms with Crippen molar-refractivity contribution in [1.82, 2.24) is 4.90 Å². The predicted molar refractivity (Wildman–Crippen MR) is 114 cm³/mol. The lowest BCUT2D eigenvalue weighted by Gasteiger charge is -2.13. The third kappa shape index (κ3) is 4.37. The highest BCUT2D eigenvalue weighted by atomic mass is 35.5. The molecule has 4 rings (SSSR count). The molecule has 2 heterocycles. The van der Waals surface area contributed by atoms with Crippen LogP contribution in [-0.2, 0) is 11.3 Å². The van der Waals surface area contributed by atoms with Crippen LogP contribution in [0.3, 0.4) is 0 Å². The van der Waals surface area contributed by atoms with Crippen LogP contribution in [0.2, 0.25) is 5.02 Å². The van der Waals surface area contributed by atoms with E-state index in [9.17, 15) is 24.1 Å². The highest BCUT2D eigenvalue weighted by Gasteiger charge is 2.35. The second kappa shape index (κ2) is 8.37. The number of halogens is 2. The van der Waals surface area contributed by atoms with Crippen molar-refractivity contribution < 1.29 is 23.3 Å². The molecule has 0 bridgehead atoms. The van der Waals surface area contributed by atoms with Crippen LogP contribution in [-0.4, -0.2) is 21.0 Å². The summed E-state index contributed by atoms with van der Waals surface area (Å²) in [5.74, 6) is -0.217. The van der Waals surface area contributed by atoms with E-state index in [1.807, 2.05) is 0 Å². The summed E-state index contributed by atoms with van der Waals surface area (Å²) < 4.78 is 18.9. The van der Waals surface area contributed by atoms with E-state index >= 15 is 0 Å². The van der Waals surface area contributed by atoms with Gasteiger partial charge in [0.05, 0.1) is 16.4 Å². The first-order valence-corrected chi connectivity index (χ1v) is 10.1. The van der Waals surface area contributed by atoms with Gasteiger partial charge in [0.25, 0.3) is 16.8 Å². The lowest BCUT2D eigenvalue weighted by molar-refractivity contribution is -0.384. The largest absolute Gasteiger partial charge is 0.457 e. The van der Waals surface area contributed by atoms with Crippen molar-refractivity contribution in [3.05, 3.63) is 91.8 Å². The summed E-state index contributed by atoms with van der Waals surface area (Å²) in [5, 5.41) is 10.4. The molecule has 1 aliphatic rings. The Balaban J connectivity index is 1.52. The molecule has 0 aliphatic carbocycles. The molecule has 1 aromatic heterocycles. The number of benzene rings is 2. The monoisotopic (exact) mass is 458 g/mol. The summed E-state index contributed by atoms with van der Waals surface area (Å²) >= 11 is 6.76. The molecule has 1 saturated heterocycles. The molecule has 0 saturated carbocycles. The first-order valence-electron chi connectivity index (χ1n) is 8.86. The van der Waals surface area contributed by atoms with E-state index < -0.39 is 21.9 Å². The molecule has 156 valence electrons. The highest BCUT2D eigenvalue weighted by molar-refractivity contribution is 8.18. The average molecular weight is 459 g/mol. The van der Waals surface area contributed by atoms with Crippen LogP contribution in [0.1, 0.15) is 11.3 Å². The number of carbonyl (C=O) groups excluding carboxylic acids is 2. The third-order valence-corrected chi connectivity index (χ3v) is 5.74. The van der Waals surface area contributed by atoms with Crippen LogP contribution in [0, 0.1) is 15.9 Å². The van der Waals surface area contributed by atoms with E-state index in [0.717, 1.165) is 22.7 Å². The fraction of sp³-hybridized carbons (Fsp3) is 0.0476. The minimum Gasteiger partial charge on any atom is -0.457 e. The van der Waals surface area contributed by atoms with Gasteiger partial charge in [0.15, 0.2) is 0 Å². The van der Waals surface area contributed by atoms with Crippen molar-refractivity contribution in [2.45, 2.75) is 6.54 Å². The number of furan rings is 1. The number of nitrogens with zero attached hydrogens (tertiary/aromatic N) is 2. The van der Waals surface area contributed by atoms with Crippen molar-refractivity contribution in [2.75, 3.05) is 0 Å². The van der Waals surface area contributed by atoms with Gasteiger partial charge in [-0.1, -0.05) is 17.7 Å². The van der Waals surface area contributed by atoms with Crippen molar-refractivity contribution in [3.63, 3.8) is 0 Å². The fourth-order valence-corrected chi connectivity index (χ4v) is 3.96. The average Bonchev–Trinajstić information content (AvgIpc) is 3.30. The van der Waals surface area contributed by atoms with Gasteiger partial charge in [0.2, 0.25) is 0 Å². The molecule has 1 fully saturated rings. The highest BCUT2D eigenvalue weighted by Crippen LogP contribution is 2.35. The number of rotatable bonds is 5. The van der Waals surface area contributed by atoms with Gasteiger partial charge in [0, 0.05) is 28.8 Å². The number of thioether (sulfide) groups is 1. The minimum absolute atomic E-state index is 0.0366. The molecule has 10 heteroatoms. The molecule has 3 aromatic rings. The Kier molecular flexibility index (Phi) is 5.62. The van der Waals surface area contributed by atoms with E-state index in [1.54, 1.807) is 24.3 Å². The molecule has 0 radical (unpaired) electrons. The van der Waals surface area contributed by atoms with E-state index in [4.69, 9.17) is 16.0 Å². The molecule has 0 unspecified atom stereocenters. The molecule has 7 nitrogen and oxygen atoms in total. The molecule has 2 amide bonds. The zero-order valence-electron chi connectivity index (χ0n) is 15.6. The summed E-state index contributed by atoms with van der Waals surface area (Å²) in [5.41, 5.74) is 1.04. The van der Waals surface area contributed by atoms with Gasteiger partial charge < -0.3 is 4.42 Å². The molecule has 2 aromatic carbocycles. The zero-order chi connectivity index (χ0) is 22.1. The van der Waals surface area contributed by atoms with E-state index in [1.165, 1.54) is 30.3 Å². The third-order valence-electron chi connectivity index (χ3n) is 4.48. The Morgan fingerprint density at radius 3 is 2.55 bits per heavy atom. The zero-order valence-corrected chi connectivity index (χ0v) is 17.2. The quantitative estimate of drug-likeness (QED) is 0.269. The van der Waals surface area contributed by atoms with Crippen LogP contribution in [0.15, 0.2) is 63.9 Å². The van der Waals surface area contributed by atoms with E-state index in [2.05, 4.69) is 0 Å². The lowest BCUT2D eigenvalue weighted by Crippen LogP contribution is -2.27. The Labute approximate surface area is 184 Å². The van der Waals surface area contributed by atoms with Crippen LogP contribution in [0.4, 0.5) is 14.9 Å². The normalized spacial score (nSPS) is 15.2. The maximum Gasteiger partial charge on any atom is 0.293 e. The lowest BCUT2D eigenvalue weighted by atomic mass is 10.1. The second-order valence-electron chi connectivity index (χ2n) is 6.51. The van der Waals surface area contributed by atoms with Gasteiger partial charge in [-0.05, 0) is 53.7 Å². The summed E-state index contributed by atoms with van der Waals surface area (Å²) in [6.45, 7) is -0.0761. The first kappa shape index (κ1) is 20.8. The molecule has 0 atom stereocenters. The van der Waals surface area contributed by atoms with Crippen molar-refractivity contribution in [3.8, 4) is 11.3 Å². The summed E-state index contributed by atoms with van der Waals surface area (Å²) in [4.78, 5) is 36.4. The first-order chi connectivity index (χ1) is 14.8. The van der Waals surface area contributed by atoms with Crippen LogP contribution in [0.5, 0.6) is 0 Å². The number of non-ortho nitro benzene ring substituents is 1. The molecule has 31 heavy (non-hydrogen) atoms. The number of imide groups is 1. The van der Waals surface area contributed by atoms with Gasteiger partial charge in [-0.2, -0.15) is 0 Å². The molecule has 1 aliphatic heterocycles. The number of nitro groups is 1. The van der Waals surface area contributed by atoms with Crippen molar-refractivity contribution in [2.24, 2.45) is 0 Å². The maximum absolute atomic E-state index is 13.2. The van der Waals surface area contributed by atoms with Crippen LogP contribution in [0.25, 0.3) is 17.4 Å². The summed E-state index contributed by atoms with van der Waals surface area (Å²) in [7, 11) is 0. The Bertz CT molecular complexity index is 1240.